The zero-order chi connectivity index (χ0) is 24.2. The second-order valence-electron chi connectivity index (χ2n) is 9.24. The van der Waals surface area contributed by atoms with Crippen LogP contribution in [0.2, 0.25) is 0 Å². The number of anilines is 2. The van der Waals surface area contributed by atoms with Crippen LogP contribution in [0, 0.1) is 0 Å². The summed E-state index contributed by atoms with van der Waals surface area (Å²) in [4.78, 5) is 25.9. The van der Waals surface area contributed by atoms with Crippen molar-refractivity contribution in [3.8, 4) is 0 Å². The summed E-state index contributed by atoms with van der Waals surface area (Å²) in [5.74, 6) is 4.56. The van der Waals surface area contributed by atoms with Gasteiger partial charge in [-0.25, -0.2) is 9.29 Å². The van der Waals surface area contributed by atoms with Gasteiger partial charge in [0, 0.05) is 61.4 Å². The Morgan fingerprint density at radius 1 is 1.09 bits per heavy atom. The monoisotopic (exact) mass is 484 g/mol. The van der Waals surface area contributed by atoms with E-state index in [2.05, 4.69) is 44.7 Å². The quantitative estimate of drug-likeness (QED) is 0.577. The van der Waals surface area contributed by atoms with Crippen LogP contribution < -0.4 is 15.5 Å². The average Bonchev–Trinajstić information content (AvgIpc) is 2.88. The summed E-state index contributed by atoms with van der Waals surface area (Å²) in [5, 5.41) is 0. The van der Waals surface area contributed by atoms with Crippen molar-refractivity contribution in [2.45, 2.75) is 43.8 Å². The third-order valence-corrected chi connectivity index (χ3v) is 10.3. The van der Waals surface area contributed by atoms with Crippen molar-refractivity contribution in [2.24, 2.45) is 5.73 Å². The molecule has 9 heteroatoms. The molecule has 8 nitrogen and oxygen atoms in total. The molecule has 0 radical (unpaired) electrons. The molecule has 2 aliphatic heterocycles. The van der Waals surface area contributed by atoms with E-state index in [1.807, 2.05) is 28.8 Å². The summed E-state index contributed by atoms with van der Waals surface area (Å²) in [6, 6.07) is 8.10. The molecule has 2 aromatic rings. The first-order valence-corrected chi connectivity index (χ1v) is 13.8. The van der Waals surface area contributed by atoms with Crippen LogP contribution in [-0.2, 0) is 20.9 Å². The molecule has 34 heavy (non-hydrogen) atoms. The Kier molecular flexibility index (Phi) is 7.42. The number of primary amides is 1. The Morgan fingerprint density at radius 3 is 2.38 bits per heavy atom. The Morgan fingerprint density at radius 2 is 1.82 bits per heavy atom. The van der Waals surface area contributed by atoms with Gasteiger partial charge in [-0.3, -0.25) is 14.0 Å². The number of piperidine rings is 1. The number of carbonyl (C=O) groups excluding carboxylic acids is 1. The van der Waals surface area contributed by atoms with Gasteiger partial charge in [0.25, 0.3) is 0 Å². The first-order valence-electron chi connectivity index (χ1n) is 12.1. The molecule has 2 saturated heterocycles. The van der Waals surface area contributed by atoms with E-state index in [1.54, 1.807) is 6.20 Å². The number of piperazine rings is 1. The van der Waals surface area contributed by atoms with E-state index in [9.17, 15) is 9.00 Å². The van der Waals surface area contributed by atoms with Crippen LogP contribution in [0.5, 0.6) is 0 Å². The van der Waals surface area contributed by atoms with Gasteiger partial charge in [0.15, 0.2) is 0 Å². The number of aryl methyl sites for hydroxylation is 1. The molecule has 2 aliphatic rings. The van der Waals surface area contributed by atoms with E-state index >= 15 is 0 Å². The molecule has 0 aromatic carbocycles. The first kappa shape index (κ1) is 24.5. The average molecular weight is 485 g/mol. The lowest BCUT2D eigenvalue weighted by atomic mass is 9.94. The van der Waals surface area contributed by atoms with Gasteiger partial charge >= 0.3 is 0 Å². The molecule has 0 saturated carbocycles. The van der Waals surface area contributed by atoms with Gasteiger partial charge in [0.2, 0.25) is 5.91 Å². The highest BCUT2D eigenvalue weighted by Crippen LogP contribution is 2.35. The maximum absolute atomic E-state index is 14.1. The van der Waals surface area contributed by atoms with Crippen molar-refractivity contribution in [3.05, 3.63) is 48.4 Å². The summed E-state index contributed by atoms with van der Waals surface area (Å²) >= 11 is 0. The van der Waals surface area contributed by atoms with E-state index in [4.69, 9.17) is 5.73 Å². The number of nitrogens with zero attached hydrogens (tertiary/aromatic N) is 5. The number of aromatic nitrogens is 2. The van der Waals surface area contributed by atoms with Crippen molar-refractivity contribution in [1.82, 2.24) is 14.3 Å². The summed E-state index contributed by atoms with van der Waals surface area (Å²) < 4.78 is 14.9. The normalized spacial score (nSPS) is 20.6. The van der Waals surface area contributed by atoms with E-state index in [0.29, 0.717) is 52.1 Å². The van der Waals surface area contributed by atoms with Crippen LogP contribution in [0.1, 0.15) is 38.2 Å². The van der Waals surface area contributed by atoms with Crippen LogP contribution >= 0.6 is 0 Å². The smallest absolute Gasteiger partial charge is 0.237 e. The molecule has 0 spiro atoms. The molecule has 1 unspecified atom stereocenters. The number of hydrogen-bond acceptors (Lipinski definition) is 6. The van der Waals surface area contributed by atoms with Gasteiger partial charge in [-0.15, -0.1) is 0 Å². The van der Waals surface area contributed by atoms with E-state index in [-0.39, 0.29) is 0 Å². The van der Waals surface area contributed by atoms with Crippen LogP contribution in [0.3, 0.4) is 0 Å². The van der Waals surface area contributed by atoms with Gasteiger partial charge in [0.05, 0.1) is 11.9 Å². The molecule has 2 N–H and O–H groups in total. The zero-order valence-corrected chi connectivity index (χ0v) is 20.9. The number of pyridine rings is 2. The van der Waals surface area contributed by atoms with Gasteiger partial charge < -0.3 is 15.5 Å². The van der Waals surface area contributed by atoms with Crippen LogP contribution in [0.25, 0.3) is 0 Å². The lowest BCUT2D eigenvalue weighted by Crippen LogP contribution is -2.63. The van der Waals surface area contributed by atoms with Crippen molar-refractivity contribution < 1.29 is 9.00 Å². The predicted octanol–water partition coefficient (Wildman–Crippen LogP) is 2.10. The molecule has 0 bridgehead atoms. The maximum Gasteiger partial charge on any atom is 0.237 e. The van der Waals surface area contributed by atoms with Crippen LogP contribution in [0.4, 0.5) is 11.5 Å². The van der Waals surface area contributed by atoms with Gasteiger partial charge in [-0.05, 0) is 55.3 Å². The summed E-state index contributed by atoms with van der Waals surface area (Å²) in [5.41, 5.74) is 8.16. The molecule has 4 heterocycles. The number of hydrogen-bond donors (Lipinski definition) is 1. The van der Waals surface area contributed by atoms with Crippen molar-refractivity contribution in [3.63, 3.8) is 0 Å². The molecular formula is C25H36N6O2S. The third-order valence-electron chi connectivity index (χ3n) is 7.25. The third kappa shape index (κ3) is 4.77. The SMILES string of the molecule is C=S(=O)(N1CCN(c2ccc(CCCC)cn2)CC1)C1(C(N)=O)CCN(c2cccnc2)CC1. The minimum absolute atomic E-state index is 0.417. The fourth-order valence-corrected chi connectivity index (χ4v) is 7.36. The molecule has 184 valence electrons. The zero-order valence-electron chi connectivity index (χ0n) is 20.1. The molecule has 0 aliphatic carbocycles. The van der Waals surface area contributed by atoms with E-state index in [0.717, 1.165) is 17.9 Å². The highest BCUT2D eigenvalue weighted by Gasteiger charge is 2.50. The Labute approximate surface area is 203 Å². The minimum Gasteiger partial charge on any atom is -0.370 e. The highest BCUT2D eigenvalue weighted by atomic mass is 32.2. The lowest BCUT2D eigenvalue weighted by Gasteiger charge is -2.47. The summed E-state index contributed by atoms with van der Waals surface area (Å²) in [6.45, 7) is 5.86. The minimum atomic E-state index is -2.90. The largest absolute Gasteiger partial charge is 0.370 e. The summed E-state index contributed by atoms with van der Waals surface area (Å²) in [7, 11) is -2.90. The van der Waals surface area contributed by atoms with E-state index in [1.165, 1.54) is 18.4 Å². The van der Waals surface area contributed by atoms with Gasteiger partial charge in [0.1, 0.15) is 10.6 Å². The number of nitrogens with two attached hydrogens (primary N) is 1. The van der Waals surface area contributed by atoms with Crippen molar-refractivity contribution >= 4 is 33.0 Å². The first-order chi connectivity index (χ1) is 16.4. The molecule has 4 rings (SSSR count). The van der Waals surface area contributed by atoms with Crippen molar-refractivity contribution in [2.75, 3.05) is 49.1 Å². The van der Waals surface area contributed by atoms with Crippen LogP contribution in [0.15, 0.2) is 42.9 Å². The maximum atomic E-state index is 14.1. The number of unbranched alkanes of at least 4 members (excludes halogenated alkanes) is 1. The number of amides is 1. The predicted molar refractivity (Wildman–Crippen MR) is 140 cm³/mol. The number of rotatable bonds is 8. The summed E-state index contributed by atoms with van der Waals surface area (Å²) in [6.07, 6.45) is 9.72. The topological polar surface area (TPSA) is 95.7 Å². The molecular weight excluding hydrogens is 448 g/mol. The Balaban J connectivity index is 1.42. The molecule has 1 amide bonds. The molecule has 2 fully saturated rings. The fraction of sp³-hybridized carbons (Fsp3) is 0.520. The Hall–Kier alpha value is -2.65. The second kappa shape index (κ2) is 10.3. The molecule has 1 atom stereocenters. The van der Waals surface area contributed by atoms with Gasteiger partial charge in [-0.1, -0.05) is 19.4 Å². The fourth-order valence-electron chi connectivity index (χ4n) is 4.98. The highest BCUT2D eigenvalue weighted by molar-refractivity contribution is 8.00. The van der Waals surface area contributed by atoms with E-state index < -0.39 is 20.4 Å². The van der Waals surface area contributed by atoms with Gasteiger partial charge in [-0.2, -0.15) is 0 Å². The van der Waals surface area contributed by atoms with Crippen molar-refractivity contribution in [1.29, 1.82) is 0 Å². The van der Waals surface area contributed by atoms with Crippen LogP contribution in [-0.4, -0.2) is 74.3 Å². The second-order valence-corrected chi connectivity index (χ2v) is 11.8. The molecule has 2 aromatic heterocycles. The number of carbonyl (C=O) groups is 1. The lowest BCUT2D eigenvalue weighted by molar-refractivity contribution is -0.121. The Bertz CT molecular complexity index is 1060. The standard InChI is InChI=1S/C25H36N6O2S/c1-3-4-6-21-8-9-23(28-19-21)30-15-17-31(18-16-30)34(2,33)25(24(26)32)10-13-29(14-11-25)22-7-5-12-27-20-22/h5,7-9,12,19-20H,2-4,6,10-11,13-18H2,1H3,(H2,26,32).